The Kier molecular flexibility index (Phi) is 5.70. The SMILES string of the molecule is COc1cccc2cc(-c3cc(=O)oc4cc(OC/C=C/c5ccccc5)ccc34)c(=O)oc12. The van der Waals surface area contributed by atoms with Crippen molar-refractivity contribution in [1.29, 1.82) is 0 Å². The number of hydrogen-bond donors (Lipinski definition) is 0. The van der Waals surface area contributed by atoms with Gasteiger partial charge in [0, 0.05) is 28.5 Å². The highest BCUT2D eigenvalue weighted by Gasteiger charge is 2.15. The lowest BCUT2D eigenvalue weighted by molar-refractivity contribution is 0.363. The highest BCUT2D eigenvalue weighted by Crippen LogP contribution is 2.31. The van der Waals surface area contributed by atoms with E-state index in [1.54, 1.807) is 36.4 Å². The van der Waals surface area contributed by atoms with Crippen molar-refractivity contribution in [2.75, 3.05) is 13.7 Å². The molecule has 0 saturated carbocycles. The lowest BCUT2D eigenvalue weighted by Gasteiger charge is -2.09. The minimum Gasteiger partial charge on any atom is -0.493 e. The molecule has 0 N–H and O–H groups in total. The summed E-state index contributed by atoms with van der Waals surface area (Å²) in [5.74, 6) is 1.00. The maximum Gasteiger partial charge on any atom is 0.344 e. The number of methoxy groups -OCH3 is 1. The summed E-state index contributed by atoms with van der Waals surface area (Å²) in [5, 5.41) is 1.28. The fraction of sp³-hybridized carbons (Fsp3) is 0.0714. The smallest absolute Gasteiger partial charge is 0.344 e. The highest BCUT2D eigenvalue weighted by atomic mass is 16.5. The molecule has 0 amide bonds. The molecular weight excluding hydrogens is 432 g/mol. The van der Waals surface area contributed by atoms with Gasteiger partial charge in [0.15, 0.2) is 11.3 Å². The first kappa shape index (κ1) is 21.3. The molecule has 6 nitrogen and oxygen atoms in total. The van der Waals surface area contributed by atoms with E-state index in [1.165, 1.54) is 13.2 Å². The van der Waals surface area contributed by atoms with Crippen LogP contribution in [0.3, 0.4) is 0 Å². The van der Waals surface area contributed by atoms with Gasteiger partial charge < -0.3 is 18.3 Å². The molecule has 0 radical (unpaired) electrons. The summed E-state index contributed by atoms with van der Waals surface area (Å²) in [4.78, 5) is 25.1. The normalized spacial score (nSPS) is 11.3. The molecule has 168 valence electrons. The van der Waals surface area contributed by atoms with Crippen molar-refractivity contribution in [3.05, 3.63) is 111 Å². The molecule has 0 atom stereocenters. The number of hydrogen-bond acceptors (Lipinski definition) is 6. The Labute approximate surface area is 194 Å². The van der Waals surface area contributed by atoms with Crippen molar-refractivity contribution in [3.63, 3.8) is 0 Å². The number of ether oxygens (including phenoxy) is 2. The molecule has 3 aromatic carbocycles. The van der Waals surface area contributed by atoms with Crippen LogP contribution in [-0.2, 0) is 0 Å². The molecule has 0 aliphatic heterocycles. The second kappa shape index (κ2) is 9.11. The maximum absolute atomic E-state index is 12.8. The van der Waals surface area contributed by atoms with Gasteiger partial charge in [0.25, 0.3) is 0 Å². The Bertz CT molecular complexity index is 1630. The second-order valence-corrected chi connectivity index (χ2v) is 7.59. The van der Waals surface area contributed by atoms with E-state index in [-0.39, 0.29) is 5.56 Å². The first-order chi connectivity index (χ1) is 16.6. The average Bonchev–Trinajstić information content (AvgIpc) is 2.86. The van der Waals surface area contributed by atoms with E-state index in [0.717, 1.165) is 5.56 Å². The quantitative estimate of drug-likeness (QED) is 0.309. The van der Waals surface area contributed by atoms with Gasteiger partial charge in [0.1, 0.15) is 17.9 Å². The summed E-state index contributed by atoms with van der Waals surface area (Å²) in [6.45, 7) is 0.348. The van der Waals surface area contributed by atoms with E-state index in [9.17, 15) is 9.59 Å². The van der Waals surface area contributed by atoms with Crippen LogP contribution in [0.25, 0.3) is 39.1 Å². The fourth-order valence-electron chi connectivity index (χ4n) is 3.81. The molecule has 0 saturated heterocycles. The predicted molar refractivity (Wildman–Crippen MR) is 131 cm³/mol. The van der Waals surface area contributed by atoms with Crippen molar-refractivity contribution in [1.82, 2.24) is 0 Å². The van der Waals surface area contributed by atoms with Gasteiger partial charge in [0.2, 0.25) is 0 Å². The van der Waals surface area contributed by atoms with Crippen molar-refractivity contribution < 1.29 is 18.3 Å². The maximum atomic E-state index is 12.8. The van der Waals surface area contributed by atoms with Crippen LogP contribution in [0.1, 0.15) is 5.56 Å². The molecule has 0 aliphatic carbocycles. The molecule has 0 bridgehead atoms. The van der Waals surface area contributed by atoms with Crippen LogP contribution < -0.4 is 20.7 Å². The molecule has 2 aromatic heterocycles. The Morgan fingerprint density at radius 2 is 1.71 bits per heavy atom. The lowest BCUT2D eigenvalue weighted by Crippen LogP contribution is -2.07. The first-order valence-corrected chi connectivity index (χ1v) is 10.7. The molecule has 0 unspecified atom stereocenters. The summed E-state index contributed by atoms with van der Waals surface area (Å²) in [5.41, 5.74) is 1.29. The van der Waals surface area contributed by atoms with Crippen LogP contribution in [0.4, 0.5) is 0 Å². The molecule has 0 fully saturated rings. The van der Waals surface area contributed by atoms with Crippen LogP contribution in [0.5, 0.6) is 11.5 Å². The third-order valence-electron chi connectivity index (χ3n) is 5.41. The van der Waals surface area contributed by atoms with Crippen molar-refractivity contribution in [3.8, 4) is 22.6 Å². The van der Waals surface area contributed by atoms with Crippen molar-refractivity contribution in [2.45, 2.75) is 0 Å². The second-order valence-electron chi connectivity index (χ2n) is 7.59. The summed E-state index contributed by atoms with van der Waals surface area (Å²) < 4.78 is 22.0. The summed E-state index contributed by atoms with van der Waals surface area (Å²) >= 11 is 0. The van der Waals surface area contributed by atoms with Crippen molar-refractivity contribution in [2.24, 2.45) is 0 Å². The van der Waals surface area contributed by atoms with Gasteiger partial charge in [0.05, 0.1) is 12.7 Å². The van der Waals surface area contributed by atoms with Crippen LogP contribution in [-0.4, -0.2) is 13.7 Å². The zero-order valence-corrected chi connectivity index (χ0v) is 18.3. The number of benzene rings is 3. The van der Waals surface area contributed by atoms with Crippen LogP contribution >= 0.6 is 0 Å². The first-order valence-electron chi connectivity index (χ1n) is 10.7. The topological polar surface area (TPSA) is 78.9 Å². The number of fused-ring (bicyclic) bond motifs is 2. The van der Waals surface area contributed by atoms with E-state index in [2.05, 4.69) is 0 Å². The van der Waals surface area contributed by atoms with Crippen LogP contribution in [0.15, 0.2) is 103 Å². The van der Waals surface area contributed by atoms with E-state index < -0.39 is 11.3 Å². The average molecular weight is 452 g/mol. The minimum atomic E-state index is -0.575. The molecule has 34 heavy (non-hydrogen) atoms. The molecule has 6 heteroatoms. The summed E-state index contributed by atoms with van der Waals surface area (Å²) in [6.07, 6.45) is 3.87. The predicted octanol–water partition coefficient (Wildman–Crippen LogP) is 5.67. The van der Waals surface area contributed by atoms with Gasteiger partial charge in [-0.25, -0.2) is 9.59 Å². The van der Waals surface area contributed by atoms with Gasteiger partial charge >= 0.3 is 11.3 Å². The zero-order valence-electron chi connectivity index (χ0n) is 18.3. The summed E-state index contributed by atoms with van der Waals surface area (Å²) in [6, 6.07) is 23.4. The van der Waals surface area contributed by atoms with Crippen LogP contribution in [0, 0.1) is 0 Å². The largest absolute Gasteiger partial charge is 0.493 e. The molecular formula is C28H20O6. The molecule has 5 aromatic rings. The third kappa shape index (κ3) is 4.21. The Hall–Kier alpha value is -4.58. The van der Waals surface area contributed by atoms with Gasteiger partial charge in [-0.15, -0.1) is 0 Å². The van der Waals surface area contributed by atoms with E-state index >= 15 is 0 Å². The Morgan fingerprint density at radius 3 is 2.53 bits per heavy atom. The van der Waals surface area contributed by atoms with E-state index in [4.69, 9.17) is 18.3 Å². The monoisotopic (exact) mass is 452 g/mol. The lowest BCUT2D eigenvalue weighted by atomic mass is 10.0. The van der Waals surface area contributed by atoms with Gasteiger partial charge in [-0.1, -0.05) is 48.5 Å². The minimum absolute atomic E-state index is 0.262. The van der Waals surface area contributed by atoms with Gasteiger partial charge in [-0.05, 0) is 35.9 Å². The zero-order chi connectivity index (χ0) is 23.5. The molecule has 5 rings (SSSR count). The van der Waals surface area contributed by atoms with E-state index in [0.29, 0.717) is 45.6 Å². The Morgan fingerprint density at radius 1 is 0.853 bits per heavy atom. The number of rotatable bonds is 6. The Balaban J connectivity index is 1.49. The standard InChI is InChI=1S/C28H20O6/c1-31-24-11-5-10-19-15-23(28(30)34-27(19)24)22-17-26(29)33-25-16-20(12-13-21(22)25)32-14-6-9-18-7-3-2-4-8-18/h2-13,15-17H,14H2,1H3/b9-6+. The molecule has 0 aliphatic rings. The molecule has 2 heterocycles. The number of para-hydroxylation sites is 1. The van der Waals surface area contributed by atoms with Gasteiger partial charge in [-0.3, -0.25) is 0 Å². The third-order valence-corrected chi connectivity index (χ3v) is 5.41. The van der Waals surface area contributed by atoms with Crippen LogP contribution in [0.2, 0.25) is 0 Å². The molecule has 0 spiro atoms. The van der Waals surface area contributed by atoms with Gasteiger partial charge in [-0.2, -0.15) is 0 Å². The fourth-order valence-corrected chi connectivity index (χ4v) is 3.81. The summed E-state index contributed by atoms with van der Waals surface area (Å²) in [7, 11) is 1.51. The van der Waals surface area contributed by atoms with E-state index in [1.807, 2.05) is 48.6 Å². The van der Waals surface area contributed by atoms with Crippen molar-refractivity contribution >= 4 is 28.0 Å². The highest BCUT2D eigenvalue weighted by molar-refractivity contribution is 5.96.